The van der Waals surface area contributed by atoms with Crippen molar-refractivity contribution in [1.29, 1.82) is 5.26 Å². The van der Waals surface area contributed by atoms with E-state index in [0.717, 1.165) is 16.9 Å². The number of nitrogens with two attached hydrogens (primary N) is 1. The van der Waals surface area contributed by atoms with Crippen molar-refractivity contribution in [2.45, 2.75) is 0 Å². The number of nitrogen functional groups attached to an aromatic ring is 1. The van der Waals surface area contributed by atoms with Crippen molar-refractivity contribution in [3.8, 4) is 28.8 Å². The second kappa shape index (κ2) is 8.06. The van der Waals surface area contributed by atoms with Crippen LogP contribution in [0.3, 0.4) is 0 Å². The Kier molecular flexibility index (Phi) is 4.99. The number of nitrogens with zero attached hydrogens (tertiary/aromatic N) is 4. The van der Waals surface area contributed by atoms with Crippen LogP contribution in [-0.4, -0.2) is 15.0 Å². The highest BCUT2D eigenvalue weighted by Crippen LogP contribution is 2.27. The molecular formula is C22H16N6O. The minimum atomic E-state index is 0.182. The molecule has 0 aliphatic carbocycles. The lowest BCUT2D eigenvalue weighted by atomic mass is 10.1. The molecule has 0 saturated heterocycles. The fourth-order valence-corrected chi connectivity index (χ4v) is 2.74. The summed E-state index contributed by atoms with van der Waals surface area (Å²) in [4.78, 5) is 12.5. The minimum Gasteiger partial charge on any atom is -0.457 e. The molecular weight excluding hydrogens is 364 g/mol. The molecule has 0 aliphatic heterocycles. The first kappa shape index (κ1) is 17.9. The van der Waals surface area contributed by atoms with Crippen molar-refractivity contribution in [1.82, 2.24) is 15.0 Å². The smallest absolute Gasteiger partial charge is 0.222 e. The Morgan fingerprint density at radius 1 is 0.897 bits per heavy atom. The van der Waals surface area contributed by atoms with Gasteiger partial charge in [-0.25, -0.2) is 9.97 Å². The summed E-state index contributed by atoms with van der Waals surface area (Å²) < 4.78 is 5.83. The molecule has 0 atom stereocenters. The predicted molar refractivity (Wildman–Crippen MR) is 111 cm³/mol. The van der Waals surface area contributed by atoms with Crippen LogP contribution in [-0.2, 0) is 0 Å². The fraction of sp³-hybridized carbons (Fsp3) is 0. The van der Waals surface area contributed by atoms with Crippen LogP contribution in [0.5, 0.6) is 11.5 Å². The summed E-state index contributed by atoms with van der Waals surface area (Å²) in [5, 5.41) is 12.2. The van der Waals surface area contributed by atoms with Gasteiger partial charge in [0.1, 0.15) is 29.1 Å². The summed E-state index contributed by atoms with van der Waals surface area (Å²) in [5.41, 5.74) is 8.64. The summed E-state index contributed by atoms with van der Waals surface area (Å²) in [5.74, 6) is 1.90. The molecule has 4 rings (SSSR count). The molecule has 0 bridgehead atoms. The number of aromatic nitrogens is 3. The number of rotatable bonds is 5. The summed E-state index contributed by atoms with van der Waals surface area (Å²) >= 11 is 0. The van der Waals surface area contributed by atoms with E-state index in [0.29, 0.717) is 23.0 Å². The molecule has 0 spiro atoms. The van der Waals surface area contributed by atoms with Crippen LogP contribution in [0, 0.1) is 11.3 Å². The SMILES string of the molecule is N#Cc1cc(Oc2cccc(Nc3cc(-c4ccccc4)nc(N)n3)c2)ccn1. The van der Waals surface area contributed by atoms with Gasteiger partial charge in [0.2, 0.25) is 5.95 Å². The lowest BCUT2D eigenvalue weighted by Gasteiger charge is -2.11. The Balaban J connectivity index is 1.57. The van der Waals surface area contributed by atoms with Gasteiger partial charge in [0.15, 0.2) is 0 Å². The Hall–Kier alpha value is -4.44. The Labute approximate surface area is 167 Å². The van der Waals surface area contributed by atoms with Gasteiger partial charge in [-0.15, -0.1) is 0 Å². The van der Waals surface area contributed by atoms with E-state index in [4.69, 9.17) is 15.7 Å². The molecule has 140 valence electrons. The standard InChI is InChI=1S/C22H16N6O/c23-14-17-12-19(9-10-25-17)29-18-8-4-7-16(11-18)26-21-13-20(27-22(24)28-21)15-5-2-1-3-6-15/h1-13H,(H3,24,26,27,28). The van der Waals surface area contributed by atoms with Gasteiger partial charge in [-0.2, -0.15) is 10.2 Å². The number of nitrogens with one attached hydrogen (secondary N) is 1. The van der Waals surface area contributed by atoms with Crippen molar-refractivity contribution in [2.75, 3.05) is 11.1 Å². The number of pyridine rings is 1. The maximum Gasteiger partial charge on any atom is 0.222 e. The third-order valence-corrected chi connectivity index (χ3v) is 4.00. The zero-order valence-corrected chi connectivity index (χ0v) is 15.3. The Morgan fingerprint density at radius 2 is 1.72 bits per heavy atom. The van der Waals surface area contributed by atoms with Gasteiger partial charge in [0.05, 0.1) is 5.69 Å². The largest absolute Gasteiger partial charge is 0.457 e. The van der Waals surface area contributed by atoms with Gasteiger partial charge in [0, 0.05) is 35.6 Å². The average Bonchev–Trinajstić information content (AvgIpc) is 2.74. The summed E-state index contributed by atoms with van der Waals surface area (Å²) in [6.45, 7) is 0. The van der Waals surface area contributed by atoms with Gasteiger partial charge in [-0.1, -0.05) is 36.4 Å². The first-order valence-corrected chi connectivity index (χ1v) is 8.81. The van der Waals surface area contributed by atoms with Crippen LogP contribution in [0.15, 0.2) is 79.0 Å². The molecule has 0 unspecified atom stereocenters. The predicted octanol–water partition coefficient (Wildman–Crippen LogP) is 4.53. The second-order valence-corrected chi connectivity index (χ2v) is 6.11. The second-order valence-electron chi connectivity index (χ2n) is 6.11. The molecule has 0 radical (unpaired) electrons. The summed E-state index contributed by atoms with van der Waals surface area (Å²) in [7, 11) is 0. The number of benzene rings is 2. The molecule has 0 aliphatic rings. The number of anilines is 3. The van der Waals surface area contributed by atoms with Gasteiger partial charge >= 0.3 is 0 Å². The van der Waals surface area contributed by atoms with Crippen molar-refractivity contribution in [3.63, 3.8) is 0 Å². The lowest BCUT2D eigenvalue weighted by Crippen LogP contribution is -2.01. The molecule has 0 saturated carbocycles. The first-order valence-electron chi connectivity index (χ1n) is 8.81. The van der Waals surface area contributed by atoms with Crippen molar-refractivity contribution >= 4 is 17.5 Å². The molecule has 2 heterocycles. The molecule has 2 aromatic carbocycles. The average molecular weight is 380 g/mol. The van der Waals surface area contributed by atoms with Crippen molar-refractivity contribution in [3.05, 3.63) is 84.7 Å². The van der Waals surface area contributed by atoms with Crippen molar-refractivity contribution < 1.29 is 4.74 Å². The van der Waals surface area contributed by atoms with Crippen LogP contribution in [0.1, 0.15) is 5.69 Å². The van der Waals surface area contributed by atoms with E-state index in [-0.39, 0.29) is 5.95 Å². The lowest BCUT2D eigenvalue weighted by molar-refractivity contribution is 0.482. The summed E-state index contributed by atoms with van der Waals surface area (Å²) in [6.07, 6.45) is 1.53. The van der Waals surface area contributed by atoms with E-state index in [1.807, 2.05) is 66.7 Å². The number of hydrogen-bond donors (Lipinski definition) is 2. The number of hydrogen-bond acceptors (Lipinski definition) is 7. The van der Waals surface area contributed by atoms with E-state index in [1.165, 1.54) is 6.20 Å². The topological polar surface area (TPSA) is 110 Å². The minimum absolute atomic E-state index is 0.182. The summed E-state index contributed by atoms with van der Waals surface area (Å²) in [6, 6.07) is 24.2. The highest BCUT2D eigenvalue weighted by molar-refractivity contribution is 5.67. The van der Waals surface area contributed by atoms with E-state index < -0.39 is 0 Å². The van der Waals surface area contributed by atoms with E-state index >= 15 is 0 Å². The van der Waals surface area contributed by atoms with Crippen LogP contribution < -0.4 is 15.8 Å². The molecule has 3 N–H and O–H groups in total. The fourth-order valence-electron chi connectivity index (χ4n) is 2.74. The van der Waals surface area contributed by atoms with Gasteiger partial charge in [0.25, 0.3) is 0 Å². The Bertz CT molecular complexity index is 1190. The number of ether oxygens (including phenoxy) is 1. The van der Waals surface area contributed by atoms with Gasteiger partial charge in [-0.3, -0.25) is 0 Å². The highest BCUT2D eigenvalue weighted by atomic mass is 16.5. The first-order chi connectivity index (χ1) is 14.2. The van der Waals surface area contributed by atoms with Crippen LogP contribution in [0.4, 0.5) is 17.5 Å². The molecule has 7 heteroatoms. The van der Waals surface area contributed by atoms with Gasteiger partial charge < -0.3 is 15.8 Å². The molecule has 2 aromatic heterocycles. The molecule has 0 amide bonds. The maximum atomic E-state index is 8.96. The molecule has 7 nitrogen and oxygen atoms in total. The van der Waals surface area contributed by atoms with E-state index in [1.54, 1.807) is 12.1 Å². The quantitative estimate of drug-likeness (QED) is 0.523. The zero-order chi connectivity index (χ0) is 20.1. The van der Waals surface area contributed by atoms with E-state index in [9.17, 15) is 0 Å². The van der Waals surface area contributed by atoms with Gasteiger partial charge in [-0.05, 0) is 18.2 Å². The highest BCUT2D eigenvalue weighted by Gasteiger charge is 2.06. The van der Waals surface area contributed by atoms with Crippen LogP contribution in [0.2, 0.25) is 0 Å². The third kappa shape index (κ3) is 4.46. The maximum absolute atomic E-state index is 8.96. The van der Waals surface area contributed by atoms with Crippen LogP contribution in [0.25, 0.3) is 11.3 Å². The van der Waals surface area contributed by atoms with E-state index in [2.05, 4.69) is 20.3 Å². The third-order valence-electron chi connectivity index (χ3n) is 4.00. The monoisotopic (exact) mass is 380 g/mol. The van der Waals surface area contributed by atoms with Crippen molar-refractivity contribution in [2.24, 2.45) is 0 Å². The molecule has 4 aromatic rings. The normalized spacial score (nSPS) is 10.2. The Morgan fingerprint density at radius 3 is 2.55 bits per heavy atom. The molecule has 0 fully saturated rings. The van der Waals surface area contributed by atoms with Crippen LogP contribution >= 0.6 is 0 Å². The number of nitriles is 1. The molecule has 29 heavy (non-hydrogen) atoms. The zero-order valence-electron chi connectivity index (χ0n) is 15.3.